The van der Waals surface area contributed by atoms with Crippen molar-refractivity contribution >= 4 is 11.9 Å². The smallest absolute Gasteiger partial charge is 0.0938 e. The average molecular weight is 202 g/mol. The zero-order chi connectivity index (χ0) is 10.7. The first-order chi connectivity index (χ1) is 7.31. The van der Waals surface area contributed by atoms with E-state index in [1.54, 1.807) is 12.5 Å². The summed E-state index contributed by atoms with van der Waals surface area (Å²) < 4.78 is 4.95. The van der Waals surface area contributed by atoms with Gasteiger partial charge in [-0.3, -0.25) is 0 Å². The number of furan rings is 1. The van der Waals surface area contributed by atoms with E-state index in [2.05, 4.69) is 10.2 Å². The van der Waals surface area contributed by atoms with Crippen LogP contribution in [-0.2, 0) is 6.42 Å². The van der Waals surface area contributed by atoms with Crippen molar-refractivity contribution in [3.63, 3.8) is 0 Å². The van der Waals surface area contributed by atoms with E-state index in [-0.39, 0.29) is 0 Å². The maximum Gasteiger partial charge on any atom is 0.0938 e. The van der Waals surface area contributed by atoms with Gasteiger partial charge in [0.25, 0.3) is 0 Å². The summed E-state index contributed by atoms with van der Waals surface area (Å²) in [6.07, 6.45) is 6.44. The lowest BCUT2D eigenvalue weighted by Gasteiger charge is -2.03. The molecule has 0 aliphatic carbocycles. The Bertz CT molecular complexity index is 464. The van der Waals surface area contributed by atoms with Gasteiger partial charge in [0.1, 0.15) is 0 Å². The molecule has 5 nitrogen and oxygen atoms in total. The molecule has 0 radical (unpaired) electrons. The van der Waals surface area contributed by atoms with Crippen LogP contribution in [0.4, 0.5) is 5.69 Å². The van der Waals surface area contributed by atoms with E-state index in [4.69, 9.17) is 15.6 Å². The third kappa shape index (κ3) is 1.85. The SMILES string of the molecule is N=Cc1cnnc(Cc2ccoc2)c1N. The van der Waals surface area contributed by atoms with Gasteiger partial charge in [-0.1, -0.05) is 0 Å². The van der Waals surface area contributed by atoms with Gasteiger partial charge in [-0.15, -0.1) is 0 Å². The van der Waals surface area contributed by atoms with Gasteiger partial charge in [-0.05, 0) is 11.6 Å². The van der Waals surface area contributed by atoms with Crippen molar-refractivity contribution in [2.45, 2.75) is 6.42 Å². The van der Waals surface area contributed by atoms with E-state index in [0.717, 1.165) is 5.56 Å². The molecule has 15 heavy (non-hydrogen) atoms. The normalized spacial score (nSPS) is 10.1. The second-order valence-corrected chi connectivity index (χ2v) is 3.11. The maximum atomic E-state index is 7.14. The molecule has 2 rings (SSSR count). The second-order valence-electron chi connectivity index (χ2n) is 3.11. The summed E-state index contributed by atoms with van der Waals surface area (Å²) in [5.74, 6) is 0. The summed E-state index contributed by atoms with van der Waals surface area (Å²) in [5, 5.41) is 14.9. The molecule has 5 heteroatoms. The van der Waals surface area contributed by atoms with Gasteiger partial charge in [-0.25, -0.2) is 0 Å². The lowest BCUT2D eigenvalue weighted by Crippen LogP contribution is -2.04. The topological polar surface area (TPSA) is 88.8 Å². The van der Waals surface area contributed by atoms with E-state index in [1.807, 2.05) is 6.07 Å². The average Bonchev–Trinajstić information content (AvgIpc) is 2.74. The highest BCUT2D eigenvalue weighted by Gasteiger charge is 2.07. The highest BCUT2D eigenvalue weighted by molar-refractivity contribution is 5.84. The highest BCUT2D eigenvalue weighted by atomic mass is 16.3. The summed E-state index contributed by atoms with van der Waals surface area (Å²) in [6, 6.07) is 1.85. The molecule has 0 unspecified atom stereocenters. The summed E-state index contributed by atoms with van der Waals surface area (Å²) in [5.41, 5.74) is 8.56. The first kappa shape index (κ1) is 9.39. The standard InChI is InChI=1S/C10H10N4O/c11-4-8-5-13-14-9(10(8)12)3-7-1-2-15-6-7/h1-2,4-6,11H,3H2,(H2,12,13). The van der Waals surface area contributed by atoms with Crippen LogP contribution in [0, 0.1) is 5.41 Å². The van der Waals surface area contributed by atoms with Crippen molar-refractivity contribution in [2.24, 2.45) is 0 Å². The van der Waals surface area contributed by atoms with Gasteiger partial charge in [-0.2, -0.15) is 10.2 Å². The van der Waals surface area contributed by atoms with Crippen molar-refractivity contribution in [1.29, 1.82) is 5.41 Å². The van der Waals surface area contributed by atoms with Crippen molar-refractivity contribution in [3.05, 3.63) is 41.6 Å². The van der Waals surface area contributed by atoms with Crippen molar-refractivity contribution in [3.8, 4) is 0 Å². The van der Waals surface area contributed by atoms with Crippen LogP contribution in [0.2, 0.25) is 0 Å². The minimum atomic E-state index is 0.501. The second kappa shape index (κ2) is 3.91. The van der Waals surface area contributed by atoms with E-state index in [9.17, 15) is 0 Å². The van der Waals surface area contributed by atoms with E-state index in [1.165, 1.54) is 12.4 Å². The molecule has 2 aromatic heterocycles. The van der Waals surface area contributed by atoms with E-state index in [0.29, 0.717) is 23.4 Å². The number of nitrogens with zero attached hydrogens (tertiary/aromatic N) is 2. The molecule has 0 saturated heterocycles. The van der Waals surface area contributed by atoms with Crippen LogP contribution >= 0.6 is 0 Å². The minimum absolute atomic E-state index is 0.501. The lowest BCUT2D eigenvalue weighted by molar-refractivity contribution is 0.564. The van der Waals surface area contributed by atoms with Gasteiger partial charge in [0, 0.05) is 18.2 Å². The zero-order valence-corrected chi connectivity index (χ0v) is 7.97. The maximum absolute atomic E-state index is 7.14. The first-order valence-electron chi connectivity index (χ1n) is 4.43. The zero-order valence-electron chi connectivity index (χ0n) is 7.97. The molecular weight excluding hydrogens is 192 g/mol. The molecule has 0 aromatic carbocycles. The van der Waals surface area contributed by atoms with Gasteiger partial charge in [0.2, 0.25) is 0 Å². The predicted octanol–water partition coefficient (Wildman–Crippen LogP) is 1.24. The number of nitrogens with one attached hydrogen (secondary N) is 1. The Morgan fingerprint density at radius 3 is 3.07 bits per heavy atom. The van der Waals surface area contributed by atoms with Crippen LogP contribution in [0.1, 0.15) is 16.8 Å². The molecule has 0 atom stereocenters. The Kier molecular flexibility index (Phi) is 2.45. The van der Waals surface area contributed by atoms with Crippen LogP contribution in [0.15, 0.2) is 29.2 Å². The molecule has 2 heterocycles. The molecular formula is C10H10N4O. The van der Waals surface area contributed by atoms with Crippen LogP contribution in [0.25, 0.3) is 0 Å². The molecule has 0 amide bonds. The highest BCUT2D eigenvalue weighted by Crippen LogP contribution is 2.16. The molecule has 76 valence electrons. The first-order valence-corrected chi connectivity index (χ1v) is 4.43. The summed E-state index contributed by atoms with van der Waals surface area (Å²) in [6.45, 7) is 0. The number of hydrogen-bond donors (Lipinski definition) is 2. The van der Waals surface area contributed by atoms with Crippen LogP contribution in [0.3, 0.4) is 0 Å². The van der Waals surface area contributed by atoms with Crippen LogP contribution in [-0.4, -0.2) is 16.4 Å². The fourth-order valence-electron chi connectivity index (χ4n) is 1.28. The van der Waals surface area contributed by atoms with Crippen LogP contribution < -0.4 is 5.73 Å². The number of nitrogens with two attached hydrogens (primary N) is 1. The number of nitrogen functional groups attached to an aromatic ring is 1. The predicted molar refractivity (Wildman–Crippen MR) is 55.8 cm³/mol. The molecule has 2 aromatic rings. The summed E-state index contributed by atoms with van der Waals surface area (Å²) in [4.78, 5) is 0. The fraction of sp³-hybridized carbons (Fsp3) is 0.100. The number of aromatic nitrogens is 2. The monoisotopic (exact) mass is 202 g/mol. The Labute approximate surface area is 86.4 Å². The Balaban J connectivity index is 2.33. The van der Waals surface area contributed by atoms with Gasteiger partial charge < -0.3 is 15.6 Å². The Morgan fingerprint density at radius 1 is 1.53 bits per heavy atom. The van der Waals surface area contributed by atoms with Crippen molar-refractivity contribution < 1.29 is 4.42 Å². The minimum Gasteiger partial charge on any atom is -0.472 e. The Hall–Kier alpha value is -2.17. The number of anilines is 1. The molecule has 0 aliphatic rings. The fourth-order valence-corrected chi connectivity index (χ4v) is 1.28. The quantitative estimate of drug-likeness (QED) is 0.733. The van der Waals surface area contributed by atoms with Crippen LogP contribution in [0.5, 0.6) is 0 Å². The molecule has 0 aliphatic heterocycles. The third-order valence-electron chi connectivity index (χ3n) is 2.10. The van der Waals surface area contributed by atoms with Gasteiger partial charge in [0.05, 0.1) is 30.1 Å². The van der Waals surface area contributed by atoms with Gasteiger partial charge >= 0.3 is 0 Å². The largest absolute Gasteiger partial charge is 0.472 e. The van der Waals surface area contributed by atoms with E-state index < -0.39 is 0 Å². The Morgan fingerprint density at radius 2 is 2.40 bits per heavy atom. The van der Waals surface area contributed by atoms with Gasteiger partial charge in [0.15, 0.2) is 0 Å². The van der Waals surface area contributed by atoms with Crippen molar-refractivity contribution in [2.75, 3.05) is 5.73 Å². The molecule has 0 saturated carbocycles. The summed E-state index contributed by atoms with van der Waals surface area (Å²) >= 11 is 0. The molecule has 0 bridgehead atoms. The number of hydrogen-bond acceptors (Lipinski definition) is 5. The third-order valence-corrected chi connectivity index (χ3v) is 2.10. The van der Waals surface area contributed by atoms with Crippen molar-refractivity contribution in [1.82, 2.24) is 10.2 Å². The summed E-state index contributed by atoms with van der Waals surface area (Å²) in [7, 11) is 0. The van der Waals surface area contributed by atoms with E-state index >= 15 is 0 Å². The number of rotatable bonds is 3. The molecule has 0 spiro atoms. The molecule has 0 fully saturated rings. The molecule has 3 N–H and O–H groups in total. The lowest BCUT2D eigenvalue weighted by atomic mass is 10.1.